The summed E-state index contributed by atoms with van der Waals surface area (Å²) in [4.78, 5) is 27.0. The molecule has 126 valence electrons. The molecule has 3 rings (SSSR count). The zero-order chi connectivity index (χ0) is 17.6. The van der Waals surface area contributed by atoms with Gasteiger partial charge in [0.25, 0.3) is 11.1 Å². The van der Waals surface area contributed by atoms with Gasteiger partial charge in [-0.05, 0) is 12.1 Å². The number of oxazole rings is 1. The van der Waals surface area contributed by atoms with E-state index in [-0.39, 0.29) is 17.2 Å². The lowest BCUT2D eigenvalue weighted by Crippen LogP contribution is -2.24. The van der Waals surface area contributed by atoms with Crippen molar-refractivity contribution in [2.24, 2.45) is 5.10 Å². The number of hydrazone groups is 1. The highest BCUT2D eigenvalue weighted by Gasteiger charge is 2.08. The number of thioether (sulfide) groups is 1. The van der Waals surface area contributed by atoms with E-state index in [0.29, 0.717) is 16.4 Å². The molecule has 1 heterocycles. The first-order valence-corrected chi connectivity index (χ1v) is 8.22. The van der Waals surface area contributed by atoms with Crippen LogP contribution in [0.5, 0.6) is 0 Å². The Morgan fingerprint density at radius 2 is 1.96 bits per heavy atom. The van der Waals surface area contributed by atoms with Gasteiger partial charge in [-0.2, -0.15) is 5.10 Å². The summed E-state index contributed by atoms with van der Waals surface area (Å²) in [6.45, 7) is 0. The summed E-state index contributed by atoms with van der Waals surface area (Å²) in [5.41, 5.74) is 4.05. The molecule has 0 unspecified atom stereocenters. The molecule has 0 fully saturated rings. The van der Waals surface area contributed by atoms with Crippen molar-refractivity contribution in [1.82, 2.24) is 10.4 Å². The van der Waals surface area contributed by atoms with Gasteiger partial charge in [0.05, 0.1) is 17.9 Å². The van der Waals surface area contributed by atoms with E-state index >= 15 is 0 Å². The smallest absolute Gasteiger partial charge is 0.257 e. The topological polar surface area (TPSA) is 108 Å². The maximum Gasteiger partial charge on any atom is 0.257 e. The molecule has 2 aromatic carbocycles. The maximum atomic E-state index is 11.8. The van der Waals surface area contributed by atoms with Crippen LogP contribution in [0.2, 0.25) is 0 Å². The first-order valence-electron chi connectivity index (χ1n) is 7.24. The molecule has 0 radical (unpaired) electrons. The van der Waals surface area contributed by atoms with Crippen molar-refractivity contribution in [1.29, 1.82) is 0 Å². The predicted octanol–water partition coefficient (Wildman–Crippen LogP) is 1.43. The molecule has 0 spiro atoms. The fourth-order valence-corrected chi connectivity index (χ4v) is 2.67. The number of nitrogens with one attached hydrogen (secondary N) is 1. The number of aromatic nitrogens is 1. The lowest BCUT2D eigenvalue weighted by molar-refractivity contribution is -0.255. The monoisotopic (exact) mass is 354 g/mol. The van der Waals surface area contributed by atoms with Crippen molar-refractivity contribution in [2.75, 3.05) is 5.75 Å². The Morgan fingerprint density at radius 1 is 1.20 bits per heavy atom. The highest BCUT2D eigenvalue weighted by Crippen LogP contribution is 2.22. The van der Waals surface area contributed by atoms with Gasteiger partial charge in [-0.15, -0.1) is 0 Å². The van der Waals surface area contributed by atoms with Crippen molar-refractivity contribution in [2.45, 2.75) is 5.22 Å². The van der Waals surface area contributed by atoms with E-state index in [1.165, 1.54) is 12.3 Å². The average Bonchev–Trinajstić information content (AvgIpc) is 3.03. The molecule has 7 nitrogen and oxygen atoms in total. The molecule has 0 bridgehead atoms. The number of hydrogen-bond donors (Lipinski definition) is 1. The molecule has 8 heteroatoms. The van der Waals surface area contributed by atoms with Crippen LogP contribution in [-0.2, 0) is 4.79 Å². The summed E-state index contributed by atoms with van der Waals surface area (Å²) in [5.74, 6) is -1.61. The highest BCUT2D eigenvalue weighted by molar-refractivity contribution is 7.99. The summed E-state index contributed by atoms with van der Waals surface area (Å²) in [7, 11) is 0. The number of amides is 1. The SMILES string of the molecule is O=C(CSc1nc2ccccc2o1)N/N=C\c1ccccc1C(=O)[O-]. The Labute approximate surface area is 146 Å². The Hall–Kier alpha value is -3.13. The van der Waals surface area contributed by atoms with E-state index in [1.54, 1.807) is 24.3 Å². The van der Waals surface area contributed by atoms with Crippen LogP contribution in [0, 0.1) is 0 Å². The number of rotatable bonds is 6. The van der Waals surface area contributed by atoms with Crippen LogP contribution >= 0.6 is 11.8 Å². The van der Waals surface area contributed by atoms with Crippen LogP contribution in [0.15, 0.2) is 63.3 Å². The fraction of sp³-hybridized carbons (Fsp3) is 0.0588. The minimum Gasteiger partial charge on any atom is -0.545 e. The second kappa shape index (κ2) is 7.63. The van der Waals surface area contributed by atoms with Crippen LogP contribution in [0.25, 0.3) is 11.1 Å². The molecule has 0 aliphatic rings. The first kappa shape index (κ1) is 16.7. The molecule has 1 amide bonds. The molecular formula is C17H12N3O4S-. The van der Waals surface area contributed by atoms with Gasteiger partial charge >= 0.3 is 0 Å². The maximum absolute atomic E-state index is 11.8. The van der Waals surface area contributed by atoms with Crippen molar-refractivity contribution >= 4 is 41.0 Å². The standard InChI is InChI=1S/C17H13N3O4S/c21-15(10-25-17-19-13-7-3-4-8-14(13)24-17)20-18-9-11-5-1-2-6-12(11)16(22)23/h1-9H,10H2,(H,20,21)(H,22,23)/p-1/b18-9-. The molecule has 3 aromatic rings. The predicted molar refractivity (Wildman–Crippen MR) is 91.2 cm³/mol. The Balaban J connectivity index is 1.55. The lowest BCUT2D eigenvalue weighted by Gasteiger charge is -2.05. The first-order chi connectivity index (χ1) is 12.1. The normalized spacial score (nSPS) is 11.0. The Morgan fingerprint density at radius 3 is 2.76 bits per heavy atom. The minimum absolute atomic E-state index is 0.00125. The fourth-order valence-electron chi connectivity index (χ4n) is 2.04. The van der Waals surface area contributed by atoms with Gasteiger partial charge in [-0.1, -0.05) is 48.2 Å². The summed E-state index contributed by atoms with van der Waals surface area (Å²) in [6.07, 6.45) is 1.26. The zero-order valence-electron chi connectivity index (χ0n) is 12.8. The van der Waals surface area contributed by atoms with Gasteiger partial charge in [-0.25, -0.2) is 10.4 Å². The van der Waals surface area contributed by atoms with Gasteiger partial charge in [0.2, 0.25) is 0 Å². The number of benzene rings is 2. The number of aromatic carboxylic acids is 1. The number of hydrogen-bond acceptors (Lipinski definition) is 7. The zero-order valence-corrected chi connectivity index (χ0v) is 13.7. The third kappa shape index (κ3) is 4.24. The largest absolute Gasteiger partial charge is 0.545 e. The molecule has 0 aliphatic carbocycles. The van der Waals surface area contributed by atoms with Gasteiger partial charge < -0.3 is 14.3 Å². The van der Waals surface area contributed by atoms with E-state index in [0.717, 1.165) is 17.3 Å². The van der Waals surface area contributed by atoms with Gasteiger partial charge in [0.15, 0.2) is 5.58 Å². The van der Waals surface area contributed by atoms with Gasteiger partial charge in [-0.3, -0.25) is 4.79 Å². The Bertz CT molecular complexity index is 919. The molecule has 0 atom stereocenters. The van der Waals surface area contributed by atoms with E-state index in [1.807, 2.05) is 18.2 Å². The van der Waals surface area contributed by atoms with Crippen LogP contribution in [0.3, 0.4) is 0 Å². The summed E-state index contributed by atoms with van der Waals surface area (Å²) in [5, 5.41) is 15.1. The number of para-hydroxylation sites is 2. The number of carboxylic acids is 1. The molecule has 0 saturated heterocycles. The molecular weight excluding hydrogens is 342 g/mol. The van der Waals surface area contributed by atoms with Crippen molar-refractivity contribution < 1.29 is 19.1 Å². The molecule has 1 N–H and O–H groups in total. The van der Waals surface area contributed by atoms with Gasteiger partial charge in [0.1, 0.15) is 5.52 Å². The molecule has 1 aromatic heterocycles. The van der Waals surface area contributed by atoms with Gasteiger partial charge in [0, 0.05) is 11.1 Å². The van der Waals surface area contributed by atoms with Crippen molar-refractivity contribution in [3.05, 3.63) is 59.7 Å². The number of carboxylic acid groups (broad SMARTS) is 1. The highest BCUT2D eigenvalue weighted by atomic mass is 32.2. The quantitative estimate of drug-likeness (QED) is 0.408. The number of fused-ring (bicyclic) bond motifs is 1. The Kier molecular flexibility index (Phi) is 5.10. The lowest BCUT2D eigenvalue weighted by atomic mass is 10.1. The number of carbonyl (C=O) groups is 2. The van der Waals surface area contributed by atoms with E-state index < -0.39 is 5.97 Å². The van der Waals surface area contributed by atoms with Crippen LogP contribution in [0.1, 0.15) is 15.9 Å². The minimum atomic E-state index is -1.31. The third-order valence-electron chi connectivity index (χ3n) is 3.17. The average molecular weight is 354 g/mol. The van der Waals surface area contributed by atoms with E-state index in [2.05, 4.69) is 15.5 Å². The molecule has 0 aliphatic heterocycles. The molecule has 25 heavy (non-hydrogen) atoms. The van der Waals surface area contributed by atoms with Crippen LogP contribution in [0.4, 0.5) is 0 Å². The second-order valence-electron chi connectivity index (χ2n) is 4.90. The second-order valence-corrected chi connectivity index (χ2v) is 5.83. The molecule has 0 saturated carbocycles. The van der Waals surface area contributed by atoms with Crippen LogP contribution < -0.4 is 10.5 Å². The van der Waals surface area contributed by atoms with E-state index in [9.17, 15) is 14.7 Å². The summed E-state index contributed by atoms with van der Waals surface area (Å²) in [6, 6.07) is 13.5. The van der Waals surface area contributed by atoms with Crippen molar-refractivity contribution in [3.8, 4) is 0 Å². The number of nitrogens with zero attached hydrogens (tertiary/aromatic N) is 2. The summed E-state index contributed by atoms with van der Waals surface area (Å²) >= 11 is 1.14. The van der Waals surface area contributed by atoms with E-state index in [4.69, 9.17) is 4.42 Å². The van der Waals surface area contributed by atoms with Crippen LogP contribution in [-0.4, -0.2) is 28.8 Å². The number of carbonyl (C=O) groups excluding carboxylic acids is 2. The van der Waals surface area contributed by atoms with Crippen molar-refractivity contribution in [3.63, 3.8) is 0 Å². The third-order valence-corrected chi connectivity index (χ3v) is 4.00. The summed E-state index contributed by atoms with van der Waals surface area (Å²) < 4.78 is 5.50.